The number of hydrogen-bond donors (Lipinski definition) is 1. The molecule has 3 nitrogen and oxygen atoms in total. The van der Waals surface area contributed by atoms with Crippen molar-refractivity contribution in [2.75, 3.05) is 13.7 Å². The number of benzene rings is 1. The summed E-state index contributed by atoms with van der Waals surface area (Å²) in [6, 6.07) is 13.4. The average molecular weight is 244 g/mol. The summed E-state index contributed by atoms with van der Waals surface area (Å²) in [4.78, 5) is 0. The van der Waals surface area contributed by atoms with Gasteiger partial charge in [-0.1, -0.05) is 30.3 Å². The van der Waals surface area contributed by atoms with Crippen molar-refractivity contribution in [3.63, 3.8) is 0 Å². The third-order valence-corrected chi connectivity index (χ3v) is 3.67. The first-order chi connectivity index (χ1) is 8.70. The number of nitriles is 1. The van der Waals surface area contributed by atoms with Crippen LogP contribution in [0, 0.1) is 11.3 Å². The van der Waals surface area contributed by atoms with E-state index in [1.165, 1.54) is 0 Å². The second kappa shape index (κ2) is 5.51. The number of hydrogen-bond acceptors (Lipinski definition) is 3. The minimum Gasteiger partial charge on any atom is -0.383 e. The summed E-state index contributed by atoms with van der Waals surface area (Å²) in [7, 11) is 1.71. The SMILES string of the molecule is COCC(C)NC1CC(C#N)(c2ccccc2)C1. The fourth-order valence-corrected chi connectivity index (χ4v) is 2.75. The molecule has 2 rings (SSSR count). The molecular weight excluding hydrogens is 224 g/mol. The molecule has 0 amide bonds. The molecule has 3 heteroatoms. The highest BCUT2D eigenvalue weighted by Gasteiger charge is 2.46. The molecule has 0 spiro atoms. The van der Waals surface area contributed by atoms with Crippen molar-refractivity contribution < 1.29 is 4.74 Å². The summed E-state index contributed by atoms with van der Waals surface area (Å²) in [5.74, 6) is 0. The third kappa shape index (κ3) is 2.55. The summed E-state index contributed by atoms with van der Waals surface area (Å²) in [6.07, 6.45) is 1.78. The lowest BCUT2D eigenvalue weighted by molar-refractivity contribution is 0.141. The van der Waals surface area contributed by atoms with Crippen molar-refractivity contribution in [2.24, 2.45) is 0 Å². The zero-order valence-corrected chi connectivity index (χ0v) is 11.0. The standard InChI is InChI=1S/C15H20N2O/c1-12(10-18-2)17-14-8-15(9-14,11-16)13-6-4-3-5-7-13/h3-7,12,14,17H,8-10H2,1-2H3. The van der Waals surface area contributed by atoms with Crippen LogP contribution in [0.25, 0.3) is 0 Å². The Bertz CT molecular complexity index is 418. The molecule has 1 aromatic rings. The number of ether oxygens (including phenoxy) is 1. The van der Waals surface area contributed by atoms with Crippen LogP contribution in [0.3, 0.4) is 0 Å². The van der Waals surface area contributed by atoms with Gasteiger partial charge >= 0.3 is 0 Å². The lowest BCUT2D eigenvalue weighted by atomic mass is 9.62. The molecule has 0 saturated heterocycles. The number of rotatable bonds is 5. The summed E-state index contributed by atoms with van der Waals surface area (Å²) >= 11 is 0. The van der Waals surface area contributed by atoms with Crippen LogP contribution in [0.1, 0.15) is 25.3 Å². The van der Waals surface area contributed by atoms with Crippen molar-refractivity contribution in [3.05, 3.63) is 35.9 Å². The fraction of sp³-hybridized carbons (Fsp3) is 0.533. The van der Waals surface area contributed by atoms with E-state index in [-0.39, 0.29) is 5.41 Å². The van der Waals surface area contributed by atoms with Gasteiger partial charge in [-0.2, -0.15) is 5.26 Å². The first-order valence-electron chi connectivity index (χ1n) is 6.42. The van der Waals surface area contributed by atoms with Gasteiger partial charge in [0, 0.05) is 19.2 Å². The van der Waals surface area contributed by atoms with E-state index < -0.39 is 0 Å². The van der Waals surface area contributed by atoms with Gasteiger partial charge in [-0.05, 0) is 25.3 Å². The van der Waals surface area contributed by atoms with E-state index in [1.807, 2.05) is 18.2 Å². The molecular formula is C15H20N2O. The number of nitrogens with one attached hydrogen (secondary N) is 1. The maximum Gasteiger partial charge on any atom is 0.0852 e. The van der Waals surface area contributed by atoms with Crippen LogP contribution in [0.15, 0.2) is 30.3 Å². The molecule has 96 valence electrons. The van der Waals surface area contributed by atoms with Crippen LogP contribution in [0.2, 0.25) is 0 Å². The van der Waals surface area contributed by atoms with Crippen LogP contribution in [0.4, 0.5) is 0 Å². The first kappa shape index (κ1) is 13.1. The van der Waals surface area contributed by atoms with E-state index in [9.17, 15) is 5.26 Å². The topological polar surface area (TPSA) is 45.0 Å². The Hall–Kier alpha value is -1.37. The quantitative estimate of drug-likeness (QED) is 0.864. The lowest BCUT2D eigenvalue weighted by Crippen LogP contribution is -2.53. The highest BCUT2D eigenvalue weighted by atomic mass is 16.5. The Balaban J connectivity index is 1.95. The predicted octanol–water partition coefficient (Wildman–Crippen LogP) is 2.23. The minimum absolute atomic E-state index is 0.286. The zero-order valence-electron chi connectivity index (χ0n) is 11.0. The number of methoxy groups -OCH3 is 1. The van der Waals surface area contributed by atoms with Crippen molar-refractivity contribution in [3.8, 4) is 6.07 Å². The van der Waals surface area contributed by atoms with E-state index in [4.69, 9.17) is 4.74 Å². The highest BCUT2D eigenvalue weighted by molar-refractivity contribution is 5.36. The molecule has 1 N–H and O–H groups in total. The van der Waals surface area contributed by atoms with Gasteiger partial charge in [0.25, 0.3) is 0 Å². The largest absolute Gasteiger partial charge is 0.383 e. The molecule has 0 aromatic heterocycles. The lowest BCUT2D eigenvalue weighted by Gasteiger charge is -2.44. The van der Waals surface area contributed by atoms with Gasteiger partial charge in [-0.15, -0.1) is 0 Å². The summed E-state index contributed by atoms with van der Waals surface area (Å²) in [5.41, 5.74) is 0.857. The molecule has 1 saturated carbocycles. The Kier molecular flexibility index (Phi) is 4.00. The molecule has 1 aliphatic carbocycles. The van der Waals surface area contributed by atoms with Gasteiger partial charge < -0.3 is 10.1 Å². The zero-order chi connectivity index (χ0) is 13.0. The van der Waals surface area contributed by atoms with Crippen molar-refractivity contribution in [1.82, 2.24) is 5.32 Å². The van der Waals surface area contributed by atoms with Gasteiger partial charge in [0.05, 0.1) is 18.1 Å². The number of nitrogens with zero attached hydrogens (tertiary/aromatic N) is 1. The van der Waals surface area contributed by atoms with Gasteiger partial charge in [0.1, 0.15) is 0 Å². The molecule has 0 aliphatic heterocycles. The van der Waals surface area contributed by atoms with Crippen LogP contribution in [-0.2, 0) is 10.2 Å². The van der Waals surface area contributed by atoms with Crippen molar-refractivity contribution in [1.29, 1.82) is 5.26 Å². The first-order valence-corrected chi connectivity index (χ1v) is 6.42. The molecule has 0 heterocycles. The molecule has 1 fully saturated rings. The minimum atomic E-state index is -0.286. The Morgan fingerprint density at radius 3 is 2.67 bits per heavy atom. The normalized spacial score (nSPS) is 28.2. The van der Waals surface area contributed by atoms with Crippen LogP contribution < -0.4 is 5.32 Å². The maximum absolute atomic E-state index is 9.44. The van der Waals surface area contributed by atoms with Gasteiger partial charge in [0.15, 0.2) is 0 Å². The molecule has 1 atom stereocenters. The Morgan fingerprint density at radius 2 is 2.11 bits per heavy atom. The molecule has 1 unspecified atom stereocenters. The Labute approximate surface area is 109 Å². The molecule has 1 aromatic carbocycles. The van der Waals surface area contributed by atoms with E-state index >= 15 is 0 Å². The Morgan fingerprint density at radius 1 is 1.44 bits per heavy atom. The summed E-state index contributed by atoms with van der Waals surface area (Å²) in [5, 5.41) is 12.9. The molecule has 18 heavy (non-hydrogen) atoms. The molecule has 1 aliphatic rings. The van der Waals surface area contributed by atoms with Gasteiger partial charge in [0.2, 0.25) is 0 Å². The highest BCUT2D eigenvalue weighted by Crippen LogP contribution is 2.43. The molecule has 0 radical (unpaired) electrons. The van der Waals surface area contributed by atoms with E-state index in [0.717, 1.165) is 18.4 Å². The van der Waals surface area contributed by atoms with E-state index in [2.05, 4.69) is 30.4 Å². The van der Waals surface area contributed by atoms with E-state index in [1.54, 1.807) is 7.11 Å². The second-order valence-corrected chi connectivity index (χ2v) is 5.19. The smallest absolute Gasteiger partial charge is 0.0852 e. The average Bonchev–Trinajstić information content (AvgIpc) is 2.35. The van der Waals surface area contributed by atoms with Crippen LogP contribution >= 0.6 is 0 Å². The van der Waals surface area contributed by atoms with E-state index in [0.29, 0.717) is 18.7 Å². The van der Waals surface area contributed by atoms with Crippen molar-refractivity contribution in [2.45, 2.75) is 37.3 Å². The van der Waals surface area contributed by atoms with Gasteiger partial charge in [-0.25, -0.2) is 0 Å². The van der Waals surface area contributed by atoms with Gasteiger partial charge in [-0.3, -0.25) is 0 Å². The van der Waals surface area contributed by atoms with Crippen molar-refractivity contribution >= 4 is 0 Å². The third-order valence-electron chi connectivity index (χ3n) is 3.67. The molecule has 0 bridgehead atoms. The summed E-state index contributed by atoms with van der Waals surface area (Å²) in [6.45, 7) is 2.82. The van der Waals surface area contributed by atoms with Crippen LogP contribution in [-0.4, -0.2) is 25.8 Å². The summed E-state index contributed by atoms with van der Waals surface area (Å²) < 4.78 is 5.11. The fourth-order valence-electron chi connectivity index (χ4n) is 2.75. The monoisotopic (exact) mass is 244 g/mol. The van der Waals surface area contributed by atoms with Crippen LogP contribution in [0.5, 0.6) is 0 Å². The maximum atomic E-state index is 9.44. The second-order valence-electron chi connectivity index (χ2n) is 5.19. The predicted molar refractivity (Wildman–Crippen MR) is 71.2 cm³/mol.